The van der Waals surface area contributed by atoms with Crippen molar-refractivity contribution >= 4 is 0 Å². The maximum atomic E-state index is 5.25. The Balaban J connectivity index is 2.15. The summed E-state index contributed by atoms with van der Waals surface area (Å²) >= 11 is 0. The molecule has 0 aliphatic heterocycles. The van der Waals surface area contributed by atoms with Gasteiger partial charge in [0, 0.05) is 6.54 Å². The highest BCUT2D eigenvalue weighted by Crippen LogP contribution is 2.13. The van der Waals surface area contributed by atoms with E-state index >= 15 is 0 Å². The normalized spacial score (nSPS) is 11.3. The Morgan fingerprint density at radius 2 is 2.05 bits per heavy atom. The van der Waals surface area contributed by atoms with E-state index < -0.39 is 0 Å². The van der Waals surface area contributed by atoms with Gasteiger partial charge in [-0.1, -0.05) is 26.0 Å². The molecule has 1 N–H and O–H groups in total. The van der Waals surface area contributed by atoms with Gasteiger partial charge in [-0.05, 0) is 63.1 Å². The summed E-state index contributed by atoms with van der Waals surface area (Å²) in [6.45, 7) is 8.87. The topological polar surface area (TPSA) is 24.5 Å². The Hall–Kier alpha value is -1.06. The van der Waals surface area contributed by atoms with Crippen molar-refractivity contribution in [2.45, 2.75) is 33.2 Å². The van der Waals surface area contributed by atoms with E-state index in [1.807, 2.05) is 6.07 Å². The van der Waals surface area contributed by atoms with Crippen molar-refractivity contribution in [3.63, 3.8) is 0 Å². The van der Waals surface area contributed by atoms with Gasteiger partial charge in [-0.2, -0.15) is 0 Å². The van der Waals surface area contributed by atoms with Crippen LogP contribution in [0, 0.1) is 5.92 Å². The van der Waals surface area contributed by atoms with Crippen LogP contribution in [-0.2, 0) is 6.54 Å². The molecule has 0 aliphatic carbocycles. The predicted octanol–water partition coefficient (Wildman–Crippen LogP) is 3.15. The van der Waals surface area contributed by atoms with Gasteiger partial charge in [0.25, 0.3) is 0 Å². The van der Waals surface area contributed by atoms with Crippen LogP contribution in [0.15, 0.2) is 24.3 Å². The van der Waals surface area contributed by atoms with Gasteiger partial charge in [0.05, 0.1) is 7.11 Å². The number of unbranched alkanes of at least 4 members (excludes halogenated alkanes) is 1. The lowest BCUT2D eigenvalue weighted by Gasteiger charge is -2.17. The zero-order valence-electron chi connectivity index (χ0n) is 13.5. The van der Waals surface area contributed by atoms with E-state index in [2.05, 4.69) is 49.3 Å². The molecule has 0 saturated carbocycles. The van der Waals surface area contributed by atoms with Crippen LogP contribution in [0.4, 0.5) is 0 Å². The van der Waals surface area contributed by atoms with Gasteiger partial charge >= 0.3 is 0 Å². The molecule has 1 rings (SSSR count). The largest absolute Gasteiger partial charge is 0.497 e. The first-order chi connectivity index (χ1) is 9.61. The molecule has 3 nitrogen and oxygen atoms in total. The maximum Gasteiger partial charge on any atom is 0.119 e. The van der Waals surface area contributed by atoms with Crippen LogP contribution in [0.2, 0.25) is 0 Å². The van der Waals surface area contributed by atoms with E-state index in [4.69, 9.17) is 4.74 Å². The third kappa shape index (κ3) is 7.51. The van der Waals surface area contributed by atoms with Crippen LogP contribution in [0.5, 0.6) is 5.75 Å². The molecule has 0 aromatic heterocycles. The number of methoxy groups -OCH3 is 1. The van der Waals surface area contributed by atoms with Crippen molar-refractivity contribution in [3.05, 3.63) is 29.8 Å². The van der Waals surface area contributed by atoms with Gasteiger partial charge in [-0.15, -0.1) is 0 Å². The van der Waals surface area contributed by atoms with Crippen molar-refractivity contribution < 1.29 is 4.74 Å². The van der Waals surface area contributed by atoms with E-state index in [1.165, 1.54) is 18.4 Å². The standard InChI is InChI=1S/C17H30N2O/c1-15(2)13-18-10-5-6-11-19(3)14-16-8-7-9-17(12-16)20-4/h7-9,12,15,18H,5-6,10-11,13-14H2,1-4H3. The SMILES string of the molecule is COc1cccc(CN(C)CCCCNCC(C)C)c1. The molecule has 0 radical (unpaired) electrons. The average Bonchev–Trinajstić information content (AvgIpc) is 2.42. The summed E-state index contributed by atoms with van der Waals surface area (Å²) < 4.78 is 5.25. The first-order valence-electron chi connectivity index (χ1n) is 7.64. The van der Waals surface area contributed by atoms with Crippen molar-refractivity contribution in [2.75, 3.05) is 33.8 Å². The van der Waals surface area contributed by atoms with Gasteiger partial charge in [0.15, 0.2) is 0 Å². The fourth-order valence-electron chi connectivity index (χ4n) is 2.18. The van der Waals surface area contributed by atoms with Crippen LogP contribution >= 0.6 is 0 Å². The molecule has 0 fully saturated rings. The molecule has 0 aliphatic rings. The lowest BCUT2D eigenvalue weighted by atomic mass is 10.2. The summed E-state index contributed by atoms with van der Waals surface area (Å²) in [6, 6.07) is 8.31. The molecule has 0 saturated heterocycles. The third-order valence-electron chi connectivity index (χ3n) is 3.28. The summed E-state index contributed by atoms with van der Waals surface area (Å²) in [5.41, 5.74) is 1.31. The van der Waals surface area contributed by atoms with Gasteiger partial charge in [0.1, 0.15) is 5.75 Å². The van der Waals surface area contributed by atoms with E-state index in [9.17, 15) is 0 Å². The second-order valence-corrected chi connectivity index (χ2v) is 5.89. The zero-order valence-corrected chi connectivity index (χ0v) is 13.5. The van der Waals surface area contributed by atoms with E-state index in [0.717, 1.165) is 37.8 Å². The van der Waals surface area contributed by atoms with Crippen molar-refractivity contribution in [3.8, 4) is 5.75 Å². The Kier molecular flexibility index (Phi) is 8.31. The zero-order chi connectivity index (χ0) is 14.8. The molecule has 0 unspecified atom stereocenters. The van der Waals surface area contributed by atoms with E-state index in [1.54, 1.807) is 7.11 Å². The van der Waals surface area contributed by atoms with Gasteiger partial charge in [-0.3, -0.25) is 0 Å². The fraction of sp³-hybridized carbons (Fsp3) is 0.647. The van der Waals surface area contributed by atoms with Crippen molar-refractivity contribution in [1.82, 2.24) is 10.2 Å². The van der Waals surface area contributed by atoms with Gasteiger partial charge in [-0.25, -0.2) is 0 Å². The van der Waals surface area contributed by atoms with E-state index in [-0.39, 0.29) is 0 Å². The summed E-state index contributed by atoms with van der Waals surface area (Å²) in [7, 11) is 3.90. The number of nitrogens with one attached hydrogen (secondary N) is 1. The molecule has 0 atom stereocenters. The summed E-state index contributed by atoms with van der Waals surface area (Å²) in [5.74, 6) is 1.68. The molecule has 0 bridgehead atoms. The highest BCUT2D eigenvalue weighted by molar-refractivity contribution is 5.28. The van der Waals surface area contributed by atoms with Crippen LogP contribution in [0.1, 0.15) is 32.3 Å². The number of ether oxygens (including phenoxy) is 1. The number of hydrogen-bond donors (Lipinski definition) is 1. The summed E-state index contributed by atoms with van der Waals surface area (Å²) in [6.07, 6.45) is 2.49. The van der Waals surface area contributed by atoms with Gasteiger partial charge in [0.2, 0.25) is 0 Å². The molecule has 0 amide bonds. The molecule has 1 aromatic carbocycles. The quantitative estimate of drug-likeness (QED) is 0.665. The number of benzene rings is 1. The van der Waals surface area contributed by atoms with Crippen LogP contribution in [0.3, 0.4) is 0 Å². The van der Waals surface area contributed by atoms with Crippen LogP contribution in [-0.4, -0.2) is 38.7 Å². The highest BCUT2D eigenvalue weighted by atomic mass is 16.5. The minimum atomic E-state index is 0.741. The minimum Gasteiger partial charge on any atom is -0.497 e. The number of nitrogens with zero attached hydrogens (tertiary/aromatic N) is 1. The second-order valence-electron chi connectivity index (χ2n) is 5.89. The van der Waals surface area contributed by atoms with E-state index in [0.29, 0.717) is 0 Å². The molecule has 114 valence electrons. The fourth-order valence-corrected chi connectivity index (χ4v) is 2.18. The van der Waals surface area contributed by atoms with Crippen molar-refractivity contribution in [1.29, 1.82) is 0 Å². The molecule has 3 heteroatoms. The molecule has 20 heavy (non-hydrogen) atoms. The molecular formula is C17H30N2O. The van der Waals surface area contributed by atoms with Crippen LogP contribution in [0.25, 0.3) is 0 Å². The first-order valence-corrected chi connectivity index (χ1v) is 7.64. The van der Waals surface area contributed by atoms with Gasteiger partial charge < -0.3 is 15.0 Å². The van der Waals surface area contributed by atoms with Crippen LogP contribution < -0.4 is 10.1 Å². The predicted molar refractivity (Wildman–Crippen MR) is 86.3 cm³/mol. The second kappa shape index (κ2) is 9.78. The maximum absolute atomic E-state index is 5.25. The Labute approximate surface area is 124 Å². The molecule has 0 heterocycles. The molecule has 1 aromatic rings. The lowest BCUT2D eigenvalue weighted by molar-refractivity contribution is 0.316. The Morgan fingerprint density at radius 1 is 1.25 bits per heavy atom. The third-order valence-corrected chi connectivity index (χ3v) is 3.28. The summed E-state index contributed by atoms with van der Waals surface area (Å²) in [5, 5.41) is 3.49. The number of hydrogen-bond acceptors (Lipinski definition) is 3. The number of rotatable bonds is 10. The minimum absolute atomic E-state index is 0.741. The summed E-state index contributed by atoms with van der Waals surface area (Å²) in [4.78, 5) is 2.37. The molecule has 0 spiro atoms. The lowest BCUT2D eigenvalue weighted by Crippen LogP contribution is -2.23. The highest BCUT2D eigenvalue weighted by Gasteiger charge is 2.01. The molecular weight excluding hydrogens is 248 g/mol. The average molecular weight is 278 g/mol. The Bertz CT molecular complexity index is 366. The monoisotopic (exact) mass is 278 g/mol. The first kappa shape index (κ1) is 17.0. The van der Waals surface area contributed by atoms with Crippen molar-refractivity contribution in [2.24, 2.45) is 5.92 Å². The Morgan fingerprint density at radius 3 is 2.75 bits per heavy atom. The smallest absolute Gasteiger partial charge is 0.119 e.